The first-order chi connectivity index (χ1) is 14.9. The monoisotopic (exact) mass is 407 g/mol. The lowest BCUT2D eigenvalue weighted by atomic mass is 10.1. The van der Waals surface area contributed by atoms with Crippen molar-refractivity contribution in [1.29, 1.82) is 0 Å². The van der Waals surface area contributed by atoms with Crippen LogP contribution in [0.15, 0.2) is 83.4 Å². The number of aryl methyl sites for hydroxylation is 1. The Morgan fingerprint density at radius 2 is 1.77 bits per heavy atom. The maximum atomic E-state index is 13.1. The average Bonchev–Trinajstić information content (AvgIpc) is 3.16. The molecule has 0 atom stereocenters. The number of hydrogen-bond acceptors (Lipinski definition) is 3. The summed E-state index contributed by atoms with van der Waals surface area (Å²) in [5.41, 5.74) is 5.02. The molecule has 3 aromatic heterocycles. The third kappa shape index (κ3) is 3.15. The van der Waals surface area contributed by atoms with Gasteiger partial charge in [-0.25, -0.2) is 0 Å². The van der Waals surface area contributed by atoms with Crippen LogP contribution in [0.3, 0.4) is 0 Å². The van der Waals surface area contributed by atoms with Crippen LogP contribution in [-0.2, 0) is 0 Å². The number of carbonyl (C=O) groups excluding carboxylic acids is 1. The summed E-state index contributed by atoms with van der Waals surface area (Å²) in [4.78, 5) is 30.3. The van der Waals surface area contributed by atoms with Gasteiger partial charge in [0.05, 0.1) is 22.2 Å². The zero-order valence-corrected chi connectivity index (χ0v) is 17.6. The van der Waals surface area contributed by atoms with Gasteiger partial charge in [-0.1, -0.05) is 23.3 Å². The molecule has 0 bridgehead atoms. The Kier molecular flexibility index (Phi) is 4.33. The Balaban J connectivity index is 1.84. The van der Waals surface area contributed by atoms with Gasteiger partial charge in [0.25, 0.3) is 11.5 Å². The van der Waals surface area contributed by atoms with Crippen molar-refractivity contribution < 1.29 is 4.79 Å². The normalized spacial score (nSPS) is 11.3. The Morgan fingerprint density at radius 1 is 0.968 bits per heavy atom. The van der Waals surface area contributed by atoms with E-state index in [1.54, 1.807) is 33.7 Å². The third-order valence-electron chi connectivity index (χ3n) is 5.46. The molecule has 5 aromatic rings. The summed E-state index contributed by atoms with van der Waals surface area (Å²) in [6, 6.07) is 17.1. The van der Waals surface area contributed by atoms with Gasteiger partial charge in [0.15, 0.2) is 0 Å². The smallest absolute Gasteiger partial charge is 0.255 e. The molecular formula is C26H21N3O2. The number of fused-ring (bicyclic) bond motifs is 4. The van der Waals surface area contributed by atoms with Crippen molar-refractivity contribution in [1.82, 2.24) is 14.1 Å². The number of rotatable bonds is 2. The van der Waals surface area contributed by atoms with E-state index in [-0.39, 0.29) is 11.5 Å². The molecule has 5 rings (SSSR count). The highest BCUT2D eigenvalue weighted by Gasteiger charge is 2.13. The highest BCUT2D eigenvalue weighted by Crippen LogP contribution is 2.27. The Hall–Kier alpha value is -3.99. The number of carbonyl (C=O) groups is 1. The molecule has 3 heterocycles. The highest BCUT2D eigenvalue weighted by molar-refractivity contribution is 6.04. The van der Waals surface area contributed by atoms with Crippen LogP contribution in [0.4, 0.5) is 0 Å². The van der Waals surface area contributed by atoms with Crippen molar-refractivity contribution in [2.75, 3.05) is 0 Å². The molecule has 0 aliphatic heterocycles. The van der Waals surface area contributed by atoms with Crippen LogP contribution < -0.4 is 5.56 Å². The van der Waals surface area contributed by atoms with Crippen LogP contribution in [0.25, 0.3) is 38.4 Å². The number of hydrogen-bond donors (Lipinski definition) is 0. The Labute approximate surface area is 178 Å². The summed E-state index contributed by atoms with van der Waals surface area (Å²) in [6.07, 6.45) is 5.17. The summed E-state index contributed by atoms with van der Waals surface area (Å²) in [6.45, 7) is 5.81. The largest absolute Gasteiger partial charge is 0.284 e. The van der Waals surface area contributed by atoms with Crippen LogP contribution in [0, 0.1) is 6.92 Å². The number of allylic oxidation sites excluding steroid dienone is 2. The van der Waals surface area contributed by atoms with Gasteiger partial charge in [0.1, 0.15) is 0 Å². The molecule has 0 N–H and O–H groups in total. The van der Waals surface area contributed by atoms with Crippen LogP contribution >= 0.6 is 0 Å². The summed E-state index contributed by atoms with van der Waals surface area (Å²) in [5.74, 6) is -0.109. The lowest BCUT2D eigenvalue weighted by Gasteiger charge is -2.13. The Bertz CT molecular complexity index is 1600. The molecule has 0 spiro atoms. The van der Waals surface area contributed by atoms with E-state index in [4.69, 9.17) is 0 Å². The fraction of sp³-hybridized carbons (Fsp3) is 0.115. The van der Waals surface area contributed by atoms with E-state index in [1.807, 2.05) is 63.2 Å². The van der Waals surface area contributed by atoms with Crippen LogP contribution in [0.5, 0.6) is 0 Å². The van der Waals surface area contributed by atoms with Gasteiger partial charge in [-0.15, -0.1) is 0 Å². The molecular weight excluding hydrogens is 386 g/mol. The van der Waals surface area contributed by atoms with Crippen molar-refractivity contribution in [3.05, 3.63) is 94.6 Å². The van der Waals surface area contributed by atoms with Gasteiger partial charge in [-0.3, -0.25) is 23.7 Å². The van der Waals surface area contributed by atoms with Crippen molar-refractivity contribution in [2.24, 2.45) is 0 Å². The second-order valence-electron chi connectivity index (χ2n) is 8.08. The molecule has 0 radical (unpaired) electrons. The Morgan fingerprint density at radius 3 is 2.58 bits per heavy atom. The van der Waals surface area contributed by atoms with Gasteiger partial charge < -0.3 is 0 Å². The first-order valence-corrected chi connectivity index (χ1v) is 10.1. The van der Waals surface area contributed by atoms with Crippen molar-refractivity contribution in [3.63, 3.8) is 0 Å². The molecule has 0 fully saturated rings. The third-order valence-corrected chi connectivity index (χ3v) is 5.46. The molecule has 5 heteroatoms. The summed E-state index contributed by atoms with van der Waals surface area (Å²) in [5, 5.41) is 2.75. The van der Waals surface area contributed by atoms with Crippen LogP contribution in [0.2, 0.25) is 0 Å². The van der Waals surface area contributed by atoms with Crippen LogP contribution in [0.1, 0.15) is 24.2 Å². The minimum atomic E-state index is -0.130. The molecule has 5 nitrogen and oxygen atoms in total. The van der Waals surface area contributed by atoms with E-state index in [1.165, 1.54) is 0 Å². The number of benzene rings is 2. The molecule has 0 unspecified atom stereocenters. The number of pyridine rings is 2. The van der Waals surface area contributed by atoms with Gasteiger partial charge in [-0.2, -0.15) is 0 Å². The van der Waals surface area contributed by atoms with E-state index in [2.05, 4.69) is 11.1 Å². The van der Waals surface area contributed by atoms with E-state index in [0.717, 1.165) is 43.8 Å². The minimum Gasteiger partial charge on any atom is -0.284 e. The molecule has 0 aliphatic rings. The van der Waals surface area contributed by atoms with Gasteiger partial charge in [0.2, 0.25) is 0 Å². The number of nitrogens with zero attached hydrogens (tertiary/aromatic N) is 3. The second-order valence-corrected chi connectivity index (χ2v) is 8.08. The predicted octanol–water partition coefficient (Wildman–Crippen LogP) is 5.41. The molecule has 0 saturated heterocycles. The molecule has 0 amide bonds. The topological polar surface area (TPSA) is 56.9 Å². The average molecular weight is 407 g/mol. The van der Waals surface area contributed by atoms with E-state index >= 15 is 0 Å². The SMILES string of the molecule is CC(C)=CC(=O)n1ccc2ccc(-n3c(=O)ccc4cnc5ccc(C)cc5c43)cc21. The minimum absolute atomic E-state index is 0.109. The molecule has 31 heavy (non-hydrogen) atoms. The molecule has 152 valence electrons. The van der Waals surface area contributed by atoms with Gasteiger partial charge >= 0.3 is 0 Å². The number of aromatic nitrogens is 3. The summed E-state index contributed by atoms with van der Waals surface area (Å²) >= 11 is 0. The zero-order valence-electron chi connectivity index (χ0n) is 17.6. The van der Waals surface area contributed by atoms with E-state index in [0.29, 0.717) is 5.69 Å². The van der Waals surface area contributed by atoms with Crippen molar-refractivity contribution in [3.8, 4) is 5.69 Å². The zero-order chi connectivity index (χ0) is 21.7. The predicted molar refractivity (Wildman–Crippen MR) is 125 cm³/mol. The maximum absolute atomic E-state index is 13.1. The standard InChI is InChI=1S/C26H21N3O2/c1-16(2)12-25(31)28-11-10-18-5-7-20(14-23(18)28)29-24(30)9-6-19-15-27-22-8-4-17(3)13-21(22)26(19)29/h4-15H,1-3H3. The molecule has 0 saturated carbocycles. The van der Waals surface area contributed by atoms with Crippen molar-refractivity contribution >= 4 is 38.6 Å². The fourth-order valence-corrected chi connectivity index (χ4v) is 4.05. The summed E-state index contributed by atoms with van der Waals surface area (Å²) in [7, 11) is 0. The second kappa shape index (κ2) is 7.06. The van der Waals surface area contributed by atoms with Crippen molar-refractivity contribution in [2.45, 2.75) is 20.8 Å². The van der Waals surface area contributed by atoms with Gasteiger partial charge in [-0.05, 0) is 57.2 Å². The molecule has 0 aliphatic carbocycles. The van der Waals surface area contributed by atoms with Gasteiger partial charge in [0, 0.05) is 40.7 Å². The van der Waals surface area contributed by atoms with E-state index in [9.17, 15) is 9.59 Å². The lowest BCUT2D eigenvalue weighted by molar-refractivity contribution is 0.0973. The fourth-order valence-electron chi connectivity index (χ4n) is 4.05. The highest BCUT2D eigenvalue weighted by atomic mass is 16.2. The quantitative estimate of drug-likeness (QED) is 0.290. The van der Waals surface area contributed by atoms with E-state index < -0.39 is 0 Å². The maximum Gasteiger partial charge on any atom is 0.255 e. The first kappa shape index (κ1) is 19.0. The van der Waals surface area contributed by atoms with Crippen LogP contribution in [-0.4, -0.2) is 20.0 Å². The first-order valence-electron chi connectivity index (χ1n) is 10.1. The lowest BCUT2D eigenvalue weighted by Crippen LogP contribution is -2.18. The molecule has 2 aromatic carbocycles. The summed E-state index contributed by atoms with van der Waals surface area (Å²) < 4.78 is 3.33.